The van der Waals surface area contributed by atoms with Crippen molar-refractivity contribution < 1.29 is 4.79 Å². The van der Waals surface area contributed by atoms with Crippen LogP contribution in [0.15, 0.2) is 30.3 Å². The van der Waals surface area contributed by atoms with Gasteiger partial charge in [-0.05, 0) is 44.0 Å². The van der Waals surface area contributed by atoms with Gasteiger partial charge in [0.1, 0.15) is 0 Å². The quantitative estimate of drug-likeness (QED) is 0.835. The summed E-state index contributed by atoms with van der Waals surface area (Å²) in [6, 6.07) is 9.85. The summed E-state index contributed by atoms with van der Waals surface area (Å²) in [5.41, 5.74) is 0.768. The molecule has 4 rings (SSSR count). The van der Waals surface area contributed by atoms with Gasteiger partial charge >= 0.3 is 0 Å². The van der Waals surface area contributed by atoms with E-state index in [0.717, 1.165) is 12.1 Å². The Hall–Kier alpha value is -1.35. The van der Waals surface area contributed by atoms with Crippen LogP contribution in [0.2, 0.25) is 0 Å². The van der Waals surface area contributed by atoms with Gasteiger partial charge in [0.2, 0.25) is 0 Å². The summed E-state index contributed by atoms with van der Waals surface area (Å²) in [6.45, 7) is 3.45. The van der Waals surface area contributed by atoms with E-state index in [2.05, 4.69) is 10.2 Å². The molecule has 3 aliphatic rings. The number of amides is 1. The molecule has 1 atom stereocenters. The lowest BCUT2D eigenvalue weighted by atomic mass is 9.84. The van der Waals surface area contributed by atoms with Gasteiger partial charge in [0.15, 0.2) is 0 Å². The van der Waals surface area contributed by atoms with Crippen LogP contribution in [0.4, 0.5) is 0 Å². The van der Waals surface area contributed by atoms with Crippen molar-refractivity contribution in [2.24, 2.45) is 5.92 Å². The average Bonchev–Trinajstić information content (AvgIpc) is 2.41. The van der Waals surface area contributed by atoms with E-state index in [1.54, 1.807) is 0 Å². The first-order valence-electron chi connectivity index (χ1n) is 6.41. The number of hydrogen-bond acceptors (Lipinski definition) is 2. The zero-order chi connectivity index (χ0) is 11.7. The highest BCUT2D eigenvalue weighted by molar-refractivity contribution is 5.94. The third kappa shape index (κ3) is 2.20. The van der Waals surface area contributed by atoms with Crippen LogP contribution < -0.4 is 5.32 Å². The van der Waals surface area contributed by atoms with E-state index in [-0.39, 0.29) is 5.91 Å². The van der Waals surface area contributed by atoms with Crippen LogP contribution in [0.5, 0.6) is 0 Å². The Balaban J connectivity index is 1.66. The molecule has 90 valence electrons. The van der Waals surface area contributed by atoms with Gasteiger partial charge < -0.3 is 10.2 Å². The minimum Gasteiger partial charge on any atom is -0.348 e. The fourth-order valence-corrected chi connectivity index (χ4v) is 2.97. The molecule has 3 nitrogen and oxygen atoms in total. The summed E-state index contributed by atoms with van der Waals surface area (Å²) >= 11 is 0. The molecule has 17 heavy (non-hydrogen) atoms. The lowest BCUT2D eigenvalue weighted by Crippen LogP contribution is -2.57. The van der Waals surface area contributed by atoms with E-state index in [0.29, 0.717) is 12.0 Å². The summed E-state index contributed by atoms with van der Waals surface area (Å²) in [5.74, 6) is 0.761. The minimum absolute atomic E-state index is 0.0735. The first-order valence-corrected chi connectivity index (χ1v) is 6.41. The van der Waals surface area contributed by atoms with Gasteiger partial charge in [0.25, 0.3) is 5.91 Å². The van der Waals surface area contributed by atoms with Crippen molar-refractivity contribution in [1.29, 1.82) is 0 Å². The highest BCUT2D eigenvalue weighted by Crippen LogP contribution is 2.27. The number of nitrogens with zero attached hydrogens (tertiary/aromatic N) is 1. The molecule has 0 aromatic heterocycles. The number of fused-ring (bicyclic) bond motifs is 3. The van der Waals surface area contributed by atoms with Crippen LogP contribution >= 0.6 is 0 Å². The van der Waals surface area contributed by atoms with E-state index >= 15 is 0 Å². The monoisotopic (exact) mass is 230 g/mol. The Bertz CT molecular complexity index is 396. The molecule has 0 spiro atoms. The highest BCUT2D eigenvalue weighted by atomic mass is 16.1. The van der Waals surface area contributed by atoms with Crippen molar-refractivity contribution in [2.75, 3.05) is 19.6 Å². The van der Waals surface area contributed by atoms with Crippen LogP contribution in [0.25, 0.3) is 0 Å². The van der Waals surface area contributed by atoms with Crippen LogP contribution in [-0.2, 0) is 0 Å². The van der Waals surface area contributed by atoms with E-state index in [4.69, 9.17) is 0 Å². The first-order chi connectivity index (χ1) is 8.33. The number of benzene rings is 1. The fraction of sp³-hybridized carbons (Fsp3) is 0.500. The molecule has 3 saturated heterocycles. The summed E-state index contributed by atoms with van der Waals surface area (Å²) in [5, 5.41) is 3.19. The standard InChI is InChI=1S/C14H18N2O/c17-14(12-4-2-1-3-5-12)15-13-10-16-8-6-11(13)7-9-16/h1-5,11,13H,6-10H2,(H,15,17)/t13-/m0/s1. The maximum absolute atomic E-state index is 12.1. The topological polar surface area (TPSA) is 32.3 Å². The molecule has 0 aliphatic carbocycles. The van der Waals surface area contributed by atoms with Crippen molar-refractivity contribution in [3.05, 3.63) is 35.9 Å². The molecule has 2 bridgehead atoms. The SMILES string of the molecule is O=C(N[C@H]1CN2CCC1CC2)c1ccccc1. The molecule has 0 radical (unpaired) electrons. The Morgan fingerprint density at radius 2 is 1.88 bits per heavy atom. The van der Waals surface area contributed by atoms with E-state index < -0.39 is 0 Å². The number of rotatable bonds is 2. The second kappa shape index (κ2) is 4.49. The van der Waals surface area contributed by atoms with Gasteiger partial charge in [-0.15, -0.1) is 0 Å². The summed E-state index contributed by atoms with van der Waals surface area (Å²) in [6.07, 6.45) is 2.47. The number of hydrogen-bond donors (Lipinski definition) is 1. The van der Waals surface area contributed by atoms with Crippen LogP contribution in [0.1, 0.15) is 23.2 Å². The zero-order valence-corrected chi connectivity index (χ0v) is 9.93. The van der Waals surface area contributed by atoms with Crippen molar-refractivity contribution in [2.45, 2.75) is 18.9 Å². The molecule has 3 heteroatoms. The van der Waals surface area contributed by atoms with Crippen LogP contribution in [0, 0.1) is 5.92 Å². The lowest BCUT2D eigenvalue weighted by molar-refractivity contribution is 0.0620. The fourth-order valence-electron chi connectivity index (χ4n) is 2.97. The minimum atomic E-state index is 0.0735. The molecular formula is C14H18N2O. The normalized spacial score (nSPS) is 31.2. The average molecular weight is 230 g/mol. The molecule has 3 heterocycles. The molecular weight excluding hydrogens is 212 g/mol. The van der Waals surface area contributed by atoms with Crippen LogP contribution in [0.3, 0.4) is 0 Å². The van der Waals surface area contributed by atoms with Crippen molar-refractivity contribution in [3.63, 3.8) is 0 Å². The Morgan fingerprint density at radius 3 is 2.47 bits per heavy atom. The molecule has 1 aromatic rings. The van der Waals surface area contributed by atoms with Crippen molar-refractivity contribution >= 4 is 5.91 Å². The Morgan fingerprint density at radius 1 is 1.18 bits per heavy atom. The van der Waals surface area contributed by atoms with E-state index in [1.165, 1.54) is 25.9 Å². The highest BCUT2D eigenvalue weighted by Gasteiger charge is 2.34. The van der Waals surface area contributed by atoms with Gasteiger partial charge in [0.05, 0.1) is 0 Å². The number of carbonyl (C=O) groups excluding carboxylic acids is 1. The second-order valence-electron chi connectivity index (χ2n) is 5.08. The summed E-state index contributed by atoms with van der Waals surface area (Å²) in [7, 11) is 0. The Labute approximate surface area is 102 Å². The van der Waals surface area contributed by atoms with Crippen molar-refractivity contribution in [1.82, 2.24) is 10.2 Å². The predicted molar refractivity (Wildman–Crippen MR) is 66.9 cm³/mol. The number of nitrogens with one attached hydrogen (secondary N) is 1. The van der Waals surface area contributed by atoms with Crippen molar-refractivity contribution in [3.8, 4) is 0 Å². The third-order valence-electron chi connectivity index (χ3n) is 4.01. The van der Waals surface area contributed by atoms with Gasteiger partial charge in [0, 0.05) is 18.2 Å². The largest absolute Gasteiger partial charge is 0.348 e. The van der Waals surface area contributed by atoms with Gasteiger partial charge in [-0.2, -0.15) is 0 Å². The predicted octanol–water partition coefficient (Wildman–Crippen LogP) is 1.51. The number of carbonyl (C=O) groups is 1. The zero-order valence-electron chi connectivity index (χ0n) is 9.93. The smallest absolute Gasteiger partial charge is 0.251 e. The summed E-state index contributed by atoms with van der Waals surface area (Å²) < 4.78 is 0. The molecule has 1 aromatic carbocycles. The maximum Gasteiger partial charge on any atom is 0.251 e. The molecule has 1 amide bonds. The molecule has 1 N–H and O–H groups in total. The van der Waals surface area contributed by atoms with E-state index in [9.17, 15) is 4.79 Å². The molecule has 0 unspecified atom stereocenters. The first kappa shape index (κ1) is 10.8. The lowest BCUT2D eigenvalue weighted by Gasteiger charge is -2.44. The third-order valence-corrected chi connectivity index (χ3v) is 4.01. The van der Waals surface area contributed by atoms with E-state index in [1.807, 2.05) is 30.3 Å². The summed E-state index contributed by atoms with van der Waals surface area (Å²) in [4.78, 5) is 14.5. The molecule has 3 fully saturated rings. The van der Waals surface area contributed by atoms with Gasteiger partial charge in [-0.1, -0.05) is 18.2 Å². The molecule has 0 saturated carbocycles. The number of piperidine rings is 3. The molecule has 3 aliphatic heterocycles. The maximum atomic E-state index is 12.1. The Kier molecular flexibility index (Phi) is 2.85. The van der Waals surface area contributed by atoms with Crippen LogP contribution in [-0.4, -0.2) is 36.5 Å². The van der Waals surface area contributed by atoms with Gasteiger partial charge in [-0.3, -0.25) is 4.79 Å². The second-order valence-corrected chi connectivity index (χ2v) is 5.08. The van der Waals surface area contributed by atoms with Gasteiger partial charge in [-0.25, -0.2) is 0 Å².